The van der Waals surface area contributed by atoms with Crippen LogP contribution in [-0.2, 0) is 11.2 Å². The highest BCUT2D eigenvalue weighted by Gasteiger charge is 2.29. The van der Waals surface area contributed by atoms with Crippen LogP contribution in [0.3, 0.4) is 0 Å². The monoisotopic (exact) mass is 241 g/mol. The Balaban J connectivity index is 3.08. The Hall–Kier alpha value is -1.43. The predicted molar refractivity (Wildman–Crippen MR) is 61.7 cm³/mol. The number of aliphatic hydroxyl groups is 1. The van der Waals surface area contributed by atoms with E-state index in [9.17, 15) is 9.90 Å². The molecule has 2 atom stereocenters. The lowest BCUT2D eigenvalue weighted by Gasteiger charge is -2.19. The van der Waals surface area contributed by atoms with Gasteiger partial charge < -0.3 is 10.2 Å². The van der Waals surface area contributed by atoms with Gasteiger partial charge >= 0.3 is 5.97 Å². The van der Waals surface area contributed by atoms with E-state index in [0.717, 1.165) is 12.8 Å². The van der Waals surface area contributed by atoms with Gasteiger partial charge in [-0.25, -0.2) is 4.79 Å². The van der Waals surface area contributed by atoms with Crippen molar-refractivity contribution in [2.45, 2.75) is 52.2 Å². The molecule has 0 aliphatic carbocycles. The first-order chi connectivity index (χ1) is 7.99. The predicted octanol–water partition coefficient (Wildman–Crippen LogP) is 0.936. The zero-order valence-corrected chi connectivity index (χ0v) is 10.4. The van der Waals surface area contributed by atoms with Gasteiger partial charge in [0, 0.05) is 6.42 Å². The van der Waals surface area contributed by atoms with E-state index in [0.29, 0.717) is 18.1 Å². The molecule has 96 valence electrons. The lowest BCUT2D eigenvalue weighted by Crippen LogP contribution is -2.31. The molecule has 0 spiro atoms. The summed E-state index contributed by atoms with van der Waals surface area (Å²) in [5.74, 6) is 0.0719. The Kier molecular flexibility index (Phi) is 4.62. The average molecular weight is 241 g/mol. The third kappa shape index (κ3) is 3.03. The fourth-order valence-electron chi connectivity index (χ4n) is 1.81. The molecule has 2 unspecified atom stereocenters. The summed E-state index contributed by atoms with van der Waals surface area (Å²) in [5, 5.41) is 26.6. The molecule has 6 heteroatoms. The molecular weight excluding hydrogens is 222 g/mol. The quantitative estimate of drug-likeness (QED) is 0.773. The molecule has 0 aliphatic heterocycles. The number of aromatic nitrogens is 3. The molecule has 0 saturated heterocycles. The van der Waals surface area contributed by atoms with Gasteiger partial charge in [0.1, 0.15) is 11.6 Å². The number of carbonyl (C=O) groups is 1. The van der Waals surface area contributed by atoms with Crippen LogP contribution in [0, 0.1) is 6.92 Å². The SMILES string of the molecule is CCCCc1nnc(C)n1C(C(=O)O)C(C)O. The molecule has 0 fully saturated rings. The average Bonchev–Trinajstić information content (AvgIpc) is 2.57. The summed E-state index contributed by atoms with van der Waals surface area (Å²) in [7, 11) is 0. The van der Waals surface area contributed by atoms with Crippen molar-refractivity contribution in [2.24, 2.45) is 0 Å². The summed E-state index contributed by atoms with van der Waals surface area (Å²) >= 11 is 0. The second-order valence-electron chi connectivity index (χ2n) is 4.16. The van der Waals surface area contributed by atoms with E-state index >= 15 is 0 Å². The van der Waals surface area contributed by atoms with Gasteiger partial charge in [-0.3, -0.25) is 4.57 Å². The highest BCUT2D eigenvalue weighted by atomic mass is 16.4. The Morgan fingerprint density at radius 2 is 2.12 bits per heavy atom. The number of aryl methyl sites for hydroxylation is 2. The number of aliphatic hydroxyl groups excluding tert-OH is 1. The van der Waals surface area contributed by atoms with Gasteiger partial charge in [-0.1, -0.05) is 13.3 Å². The Morgan fingerprint density at radius 1 is 1.47 bits per heavy atom. The molecule has 6 nitrogen and oxygen atoms in total. The summed E-state index contributed by atoms with van der Waals surface area (Å²) in [4.78, 5) is 11.2. The Morgan fingerprint density at radius 3 is 2.59 bits per heavy atom. The van der Waals surface area contributed by atoms with Crippen molar-refractivity contribution in [3.05, 3.63) is 11.6 Å². The largest absolute Gasteiger partial charge is 0.480 e. The fraction of sp³-hybridized carbons (Fsp3) is 0.727. The van der Waals surface area contributed by atoms with E-state index in [4.69, 9.17) is 5.11 Å². The van der Waals surface area contributed by atoms with Gasteiger partial charge in [0.25, 0.3) is 0 Å². The van der Waals surface area contributed by atoms with Crippen molar-refractivity contribution in [3.8, 4) is 0 Å². The molecule has 0 radical (unpaired) electrons. The van der Waals surface area contributed by atoms with Gasteiger partial charge in [-0.2, -0.15) is 0 Å². The first kappa shape index (κ1) is 13.6. The molecule has 1 rings (SSSR count). The molecule has 17 heavy (non-hydrogen) atoms. The van der Waals surface area contributed by atoms with Crippen LogP contribution in [-0.4, -0.2) is 37.1 Å². The van der Waals surface area contributed by atoms with E-state index in [-0.39, 0.29) is 0 Å². The Bertz CT molecular complexity index is 387. The van der Waals surface area contributed by atoms with Crippen molar-refractivity contribution in [3.63, 3.8) is 0 Å². The molecule has 0 saturated carbocycles. The van der Waals surface area contributed by atoms with Crippen molar-refractivity contribution >= 4 is 5.97 Å². The number of rotatable bonds is 6. The highest BCUT2D eigenvalue weighted by Crippen LogP contribution is 2.18. The minimum Gasteiger partial charge on any atom is -0.480 e. The zero-order valence-electron chi connectivity index (χ0n) is 10.4. The minimum absolute atomic E-state index is 0.518. The summed E-state index contributed by atoms with van der Waals surface area (Å²) in [6, 6.07) is -1.02. The highest BCUT2D eigenvalue weighted by molar-refractivity contribution is 5.72. The third-order valence-corrected chi connectivity index (χ3v) is 2.68. The van der Waals surface area contributed by atoms with Crippen LogP contribution in [0.5, 0.6) is 0 Å². The summed E-state index contributed by atoms with van der Waals surface area (Å²) in [5.41, 5.74) is 0. The fourth-order valence-corrected chi connectivity index (χ4v) is 1.81. The molecule has 2 N–H and O–H groups in total. The number of hydrogen-bond acceptors (Lipinski definition) is 4. The van der Waals surface area contributed by atoms with Crippen LogP contribution < -0.4 is 0 Å². The zero-order chi connectivity index (χ0) is 13.0. The van der Waals surface area contributed by atoms with Crippen LogP contribution >= 0.6 is 0 Å². The second-order valence-corrected chi connectivity index (χ2v) is 4.16. The van der Waals surface area contributed by atoms with Crippen molar-refractivity contribution in [2.75, 3.05) is 0 Å². The number of aliphatic carboxylic acids is 1. The van der Waals surface area contributed by atoms with E-state index in [1.807, 2.05) is 0 Å². The van der Waals surface area contributed by atoms with Crippen LogP contribution in [0.1, 0.15) is 44.4 Å². The van der Waals surface area contributed by atoms with E-state index in [1.165, 1.54) is 11.5 Å². The summed E-state index contributed by atoms with van der Waals surface area (Å²) < 4.78 is 1.52. The van der Waals surface area contributed by atoms with Gasteiger partial charge in [0.2, 0.25) is 0 Å². The maximum atomic E-state index is 11.2. The molecule has 0 bridgehead atoms. The molecule has 0 aromatic carbocycles. The third-order valence-electron chi connectivity index (χ3n) is 2.68. The van der Waals surface area contributed by atoms with Gasteiger partial charge in [0.05, 0.1) is 6.10 Å². The van der Waals surface area contributed by atoms with Crippen LogP contribution in [0.15, 0.2) is 0 Å². The standard InChI is InChI=1S/C11H19N3O3/c1-4-5-6-9-13-12-8(3)14(9)10(7(2)15)11(16)17/h7,10,15H,4-6H2,1-3H3,(H,16,17). The molecule has 1 aromatic heterocycles. The molecule has 0 amide bonds. The first-order valence-corrected chi connectivity index (χ1v) is 5.80. The Labute approximate surface area is 100 Å². The van der Waals surface area contributed by atoms with Gasteiger partial charge in [-0.15, -0.1) is 10.2 Å². The molecule has 1 aromatic rings. The number of unbranched alkanes of at least 4 members (excludes halogenated alkanes) is 1. The van der Waals surface area contributed by atoms with Crippen molar-refractivity contribution < 1.29 is 15.0 Å². The maximum absolute atomic E-state index is 11.2. The number of carboxylic acid groups (broad SMARTS) is 1. The van der Waals surface area contributed by atoms with Crippen LogP contribution in [0.2, 0.25) is 0 Å². The summed E-state index contributed by atoms with van der Waals surface area (Å²) in [6.45, 7) is 5.21. The topological polar surface area (TPSA) is 88.2 Å². The number of carboxylic acids is 1. The van der Waals surface area contributed by atoms with E-state index in [2.05, 4.69) is 17.1 Å². The van der Waals surface area contributed by atoms with Crippen molar-refractivity contribution in [1.82, 2.24) is 14.8 Å². The maximum Gasteiger partial charge on any atom is 0.329 e. The number of hydrogen-bond donors (Lipinski definition) is 2. The lowest BCUT2D eigenvalue weighted by molar-refractivity contribution is -0.144. The smallest absolute Gasteiger partial charge is 0.329 e. The van der Waals surface area contributed by atoms with Crippen LogP contribution in [0.4, 0.5) is 0 Å². The minimum atomic E-state index is -1.07. The van der Waals surface area contributed by atoms with Crippen molar-refractivity contribution in [1.29, 1.82) is 0 Å². The van der Waals surface area contributed by atoms with Gasteiger partial charge in [-0.05, 0) is 20.3 Å². The molecule has 0 aliphatic rings. The first-order valence-electron chi connectivity index (χ1n) is 5.80. The van der Waals surface area contributed by atoms with Gasteiger partial charge in [0.15, 0.2) is 6.04 Å². The summed E-state index contributed by atoms with van der Waals surface area (Å²) in [6.07, 6.45) is 1.61. The number of nitrogens with zero attached hydrogens (tertiary/aromatic N) is 3. The van der Waals surface area contributed by atoms with E-state index < -0.39 is 18.1 Å². The second kappa shape index (κ2) is 5.77. The molecule has 1 heterocycles. The lowest BCUT2D eigenvalue weighted by atomic mass is 10.1. The van der Waals surface area contributed by atoms with E-state index in [1.54, 1.807) is 6.92 Å². The normalized spacial score (nSPS) is 14.6. The van der Waals surface area contributed by atoms with Crippen LogP contribution in [0.25, 0.3) is 0 Å². The molecular formula is C11H19N3O3.